The van der Waals surface area contributed by atoms with Crippen LogP contribution in [0, 0.1) is 10.4 Å². The monoisotopic (exact) mass is 210 g/mol. The largest absolute Gasteiger partial charge is 0.618 e. The summed E-state index contributed by atoms with van der Waals surface area (Å²) in [6.45, 7) is 0. The first-order valence-corrected chi connectivity index (χ1v) is 5.64. The summed E-state index contributed by atoms with van der Waals surface area (Å²) >= 11 is 0.950. The van der Waals surface area contributed by atoms with E-state index in [9.17, 15) is 10.4 Å². The summed E-state index contributed by atoms with van der Waals surface area (Å²) in [5.41, 5.74) is 0.865. The van der Waals surface area contributed by atoms with E-state index in [4.69, 9.17) is 0 Å². The molecule has 4 heteroatoms. The maximum atomic E-state index is 11.6. The van der Waals surface area contributed by atoms with Crippen molar-refractivity contribution in [1.29, 1.82) is 0 Å². The van der Waals surface area contributed by atoms with Gasteiger partial charge in [-0.15, -0.1) is 0 Å². The zero-order chi connectivity index (χ0) is 10.0. The first-order valence-electron chi connectivity index (χ1n) is 4.70. The molecule has 0 bridgehead atoms. The fourth-order valence-corrected chi connectivity index (χ4v) is 2.70. The van der Waals surface area contributed by atoms with Crippen molar-refractivity contribution in [3.63, 3.8) is 0 Å². The molecule has 0 N–H and O–H groups in total. The Balaban J connectivity index is 2.24. The van der Waals surface area contributed by atoms with Crippen molar-refractivity contribution >= 4 is 11.9 Å². The maximum absolute atomic E-state index is 11.6. The molecule has 1 atom stereocenters. The van der Waals surface area contributed by atoms with Gasteiger partial charge in [0.1, 0.15) is 6.04 Å². The lowest BCUT2D eigenvalue weighted by molar-refractivity contribution is -0.725. The molecule has 1 saturated heterocycles. The van der Waals surface area contributed by atoms with E-state index in [1.807, 2.05) is 30.3 Å². The summed E-state index contributed by atoms with van der Waals surface area (Å²) in [5.74, 6) is 0.677. The molecule has 3 nitrogen and oxygen atoms in total. The molecule has 0 aromatic heterocycles. The van der Waals surface area contributed by atoms with Gasteiger partial charge in [0.2, 0.25) is 0 Å². The minimum Gasteiger partial charge on any atom is -0.618 e. The van der Waals surface area contributed by atoms with Gasteiger partial charge in [-0.1, -0.05) is 30.3 Å². The van der Waals surface area contributed by atoms with Crippen molar-refractivity contribution in [1.82, 2.24) is 0 Å². The summed E-state index contributed by atoms with van der Waals surface area (Å²) in [4.78, 5) is 0. The van der Waals surface area contributed by atoms with Crippen LogP contribution < -0.4 is 0 Å². The zero-order valence-electron chi connectivity index (χ0n) is 7.76. The third kappa shape index (κ3) is 1.93. The minimum atomic E-state index is -1.43. The van der Waals surface area contributed by atoms with Crippen molar-refractivity contribution in [3.8, 4) is 0 Å². The number of quaternary nitrogens is 1. The Bertz CT molecular complexity index is 302. The SMILES string of the molecule is [O-][N+]1([O-])SCCCC1c1ccccc1. The first-order chi connectivity index (χ1) is 6.70. The van der Waals surface area contributed by atoms with Gasteiger partial charge < -0.3 is 14.6 Å². The van der Waals surface area contributed by atoms with Crippen LogP contribution in [0.1, 0.15) is 24.4 Å². The van der Waals surface area contributed by atoms with E-state index in [-0.39, 0.29) is 0 Å². The van der Waals surface area contributed by atoms with Gasteiger partial charge in [0.15, 0.2) is 0 Å². The summed E-state index contributed by atoms with van der Waals surface area (Å²) < 4.78 is -1.43. The molecule has 1 aliphatic rings. The average molecular weight is 210 g/mol. The third-order valence-electron chi connectivity index (χ3n) is 2.46. The highest BCUT2D eigenvalue weighted by Crippen LogP contribution is 2.42. The van der Waals surface area contributed by atoms with E-state index in [2.05, 4.69) is 0 Å². The summed E-state index contributed by atoms with van der Waals surface area (Å²) in [7, 11) is 0. The number of hydroxylamine groups is 2. The quantitative estimate of drug-likeness (QED) is 0.406. The Labute approximate surface area is 87.6 Å². The second-order valence-electron chi connectivity index (χ2n) is 3.44. The molecule has 0 saturated carbocycles. The smallest absolute Gasteiger partial charge is 0.125 e. The fourth-order valence-electron chi connectivity index (χ4n) is 1.74. The van der Waals surface area contributed by atoms with Gasteiger partial charge >= 0.3 is 0 Å². The highest BCUT2D eigenvalue weighted by atomic mass is 32.2. The van der Waals surface area contributed by atoms with Crippen LogP contribution in [0.15, 0.2) is 30.3 Å². The Morgan fingerprint density at radius 1 is 1.21 bits per heavy atom. The van der Waals surface area contributed by atoms with Crippen LogP contribution >= 0.6 is 11.9 Å². The highest BCUT2D eigenvalue weighted by molar-refractivity contribution is 7.93. The molecule has 0 amide bonds. The topological polar surface area (TPSA) is 46.1 Å². The lowest BCUT2D eigenvalue weighted by Crippen LogP contribution is -2.35. The lowest BCUT2D eigenvalue weighted by atomic mass is 10.0. The molecule has 14 heavy (non-hydrogen) atoms. The van der Waals surface area contributed by atoms with Crippen molar-refractivity contribution in [2.45, 2.75) is 18.9 Å². The second kappa shape index (κ2) is 3.90. The molecule has 1 aliphatic heterocycles. The average Bonchev–Trinajstić information content (AvgIpc) is 2.18. The second-order valence-corrected chi connectivity index (χ2v) is 4.62. The van der Waals surface area contributed by atoms with E-state index in [0.717, 1.165) is 23.9 Å². The van der Waals surface area contributed by atoms with E-state index in [1.54, 1.807) is 0 Å². The van der Waals surface area contributed by atoms with Crippen molar-refractivity contribution in [2.24, 2.45) is 0 Å². The van der Waals surface area contributed by atoms with Crippen LogP contribution in [-0.4, -0.2) is 9.97 Å². The number of nitrogens with zero attached hydrogens (tertiary/aromatic N) is 1. The van der Waals surface area contributed by atoms with Crippen LogP contribution in [0.2, 0.25) is 0 Å². The highest BCUT2D eigenvalue weighted by Gasteiger charge is 2.28. The first kappa shape index (κ1) is 9.98. The van der Waals surface area contributed by atoms with E-state index >= 15 is 0 Å². The van der Waals surface area contributed by atoms with Crippen LogP contribution in [-0.2, 0) is 0 Å². The fraction of sp³-hybridized carbons (Fsp3) is 0.400. The van der Waals surface area contributed by atoms with E-state index in [0.29, 0.717) is 12.2 Å². The number of rotatable bonds is 1. The van der Waals surface area contributed by atoms with Gasteiger partial charge in [0.25, 0.3) is 0 Å². The maximum Gasteiger partial charge on any atom is 0.125 e. The third-order valence-corrected chi connectivity index (χ3v) is 3.54. The molecular weight excluding hydrogens is 198 g/mol. The molecular formula is C10H12NO2S-. The molecule has 2 rings (SSSR count). The molecule has 1 heterocycles. The standard InChI is InChI=1S/C10H12NO2S/c12-11(13)10(7-4-8-14-11)9-5-2-1-3-6-9/h1-3,5-6,10H,4,7-8H2/q-1. The molecule has 0 radical (unpaired) electrons. The van der Waals surface area contributed by atoms with Gasteiger partial charge in [-0.25, -0.2) is 0 Å². The molecule has 76 valence electrons. The predicted molar refractivity (Wildman–Crippen MR) is 57.9 cm³/mol. The van der Waals surface area contributed by atoms with Crippen LogP contribution in [0.4, 0.5) is 0 Å². The number of hydrogen-bond donors (Lipinski definition) is 0. The Kier molecular flexibility index (Phi) is 2.78. The van der Waals surface area contributed by atoms with Crippen molar-refractivity contribution < 1.29 is 4.21 Å². The number of hydrogen-bond acceptors (Lipinski definition) is 3. The van der Waals surface area contributed by atoms with Gasteiger partial charge in [-0.05, 0) is 6.42 Å². The Morgan fingerprint density at radius 3 is 2.57 bits per heavy atom. The van der Waals surface area contributed by atoms with Crippen LogP contribution in [0.5, 0.6) is 0 Å². The molecule has 0 spiro atoms. The molecule has 1 aromatic rings. The molecule has 1 aromatic carbocycles. The van der Waals surface area contributed by atoms with Gasteiger partial charge in [0, 0.05) is 17.7 Å². The lowest BCUT2D eigenvalue weighted by Gasteiger charge is -2.52. The van der Waals surface area contributed by atoms with Crippen LogP contribution in [0.25, 0.3) is 0 Å². The molecule has 0 aliphatic carbocycles. The normalized spacial score (nSPS) is 26.0. The predicted octanol–water partition coefficient (Wildman–Crippen LogP) is 2.98. The van der Waals surface area contributed by atoms with Gasteiger partial charge in [-0.3, -0.25) is 0 Å². The summed E-state index contributed by atoms with van der Waals surface area (Å²) in [6, 6.07) is 8.92. The Hall–Kier alpha value is -0.550. The van der Waals surface area contributed by atoms with Gasteiger partial charge in [0.05, 0.1) is 11.9 Å². The Morgan fingerprint density at radius 2 is 1.93 bits per heavy atom. The van der Waals surface area contributed by atoms with E-state index < -0.39 is 10.3 Å². The molecule has 1 fully saturated rings. The molecule has 1 unspecified atom stereocenters. The summed E-state index contributed by atoms with van der Waals surface area (Å²) in [6.07, 6.45) is 1.65. The minimum absolute atomic E-state index is 0.435. The summed E-state index contributed by atoms with van der Waals surface area (Å²) in [5, 5.41) is 23.2. The van der Waals surface area contributed by atoms with Crippen molar-refractivity contribution in [2.75, 3.05) is 5.75 Å². The van der Waals surface area contributed by atoms with E-state index in [1.165, 1.54) is 0 Å². The van der Waals surface area contributed by atoms with Gasteiger partial charge in [-0.2, -0.15) is 0 Å². The van der Waals surface area contributed by atoms with Crippen molar-refractivity contribution in [3.05, 3.63) is 46.3 Å². The zero-order valence-corrected chi connectivity index (χ0v) is 8.57. The van der Waals surface area contributed by atoms with Crippen LogP contribution in [0.3, 0.4) is 0 Å². The number of benzene rings is 1.